The summed E-state index contributed by atoms with van der Waals surface area (Å²) in [5.41, 5.74) is 0.733. The molecule has 8 heteroatoms. The molecule has 3 aliphatic rings. The maximum absolute atomic E-state index is 13.0. The molecule has 1 saturated carbocycles. The monoisotopic (exact) mass is 391 g/mol. The fourth-order valence-corrected chi connectivity index (χ4v) is 5.31. The highest BCUT2D eigenvalue weighted by Gasteiger charge is 2.35. The number of piperidine rings is 1. The van der Waals surface area contributed by atoms with Crippen LogP contribution < -0.4 is 10.2 Å². The summed E-state index contributed by atoms with van der Waals surface area (Å²) in [5, 5.41) is 2.98. The SMILES string of the molecule is O=C(NC1CC1)[C@@H]1CCCN(S(=O)(=O)c2ccc(N3CCCC3=O)cc2)C1. The predicted octanol–water partition coefficient (Wildman–Crippen LogP) is 1.49. The molecule has 146 valence electrons. The number of sulfonamides is 1. The number of hydrogen-bond donors (Lipinski definition) is 1. The largest absolute Gasteiger partial charge is 0.353 e. The lowest BCUT2D eigenvalue weighted by Crippen LogP contribution is -2.45. The number of carbonyl (C=O) groups is 2. The zero-order valence-corrected chi connectivity index (χ0v) is 16.1. The van der Waals surface area contributed by atoms with Gasteiger partial charge in [-0.1, -0.05) is 0 Å². The van der Waals surface area contributed by atoms with E-state index in [2.05, 4.69) is 5.32 Å². The second kappa shape index (κ2) is 7.24. The fourth-order valence-electron chi connectivity index (χ4n) is 3.79. The van der Waals surface area contributed by atoms with E-state index >= 15 is 0 Å². The Hall–Kier alpha value is -1.93. The van der Waals surface area contributed by atoms with E-state index in [0.29, 0.717) is 25.9 Å². The van der Waals surface area contributed by atoms with Crippen molar-refractivity contribution in [3.05, 3.63) is 24.3 Å². The molecule has 27 heavy (non-hydrogen) atoms. The minimum atomic E-state index is -3.65. The van der Waals surface area contributed by atoms with Gasteiger partial charge in [-0.3, -0.25) is 9.59 Å². The van der Waals surface area contributed by atoms with Gasteiger partial charge in [0, 0.05) is 37.8 Å². The quantitative estimate of drug-likeness (QED) is 0.824. The highest BCUT2D eigenvalue weighted by Crippen LogP contribution is 2.28. The van der Waals surface area contributed by atoms with E-state index in [4.69, 9.17) is 0 Å². The van der Waals surface area contributed by atoms with Crippen molar-refractivity contribution in [2.75, 3.05) is 24.5 Å². The van der Waals surface area contributed by atoms with Crippen molar-refractivity contribution in [2.45, 2.75) is 49.5 Å². The lowest BCUT2D eigenvalue weighted by molar-refractivity contribution is -0.126. The molecule has 1 N–H and O–H groups in total. The number of anilines is 1. The average Bonchev–Trinajstić information content (AvgIpc) is 3.39. The van der Waals surface area contributed by atoms with Crippen LogP contribution in [0.1, 0.15) is 38.5 Å². The molecule has 2 amide bonds. The first-order valence-corrected chi connectivity index (χ1v) is 11.1. The molecule has 0 aromatic heterocycles. The summed E-state index contributed by atoms with van der Waals surface area (Å²) in [7, 11) is -3.65. The number of nitrogens with one attached hydrogen (secondary N) is 1. The Morgan fingerprint density at radius 3 is 2.41 bits per heavy atom. The van der Waals surface area contributed by atoms with Gasteiger partial charge in [-0.05, 0) is 56.4 Å². The van der Waals surface area contributed by atoms with Crippen LogP contribution in [0.4, 0.5) is 5.69 Å². The van der Waals surface area contributed by atoms with E-state index in [-0.39, 0.29) is 35.2 Å². The summed E-state index contributed by atoms with van der Waals surface area (Å²) in [5.74, 6) is -0.234. The average molecular weight is 391 g/mol. The second-order valence-electron chi connectivity index (χ2n) is 7.63. The Labute approximate surface area is 159 Å². The van der Waals surface area contributed by atoms with Crippen LogP contribution >= 0.6 is 0 Å². The van der Waals surface area contributed by atoms with E-state index in [1.165, 1.54) is 4.31 Å². The first kappa shape index (κ1) is 18.4. The normalized spacial score (nSPS) is 24.2. The Balaban J connectivity index is 1.46. The molecule has 1 aliphatic carbocycles. The summed E-state index contributed by atoms with van der Waals surface area (Å²) in [6.45, 7) is 1.34. The van der Waals surface area contributed by atoms with Gasteiger partial charge in [0.2, 0.25) is 21.8 Å². The first-order chi connectivity index (χ1) is 12.9. The van der Waals surface area contributed by atoms with Crippen LogP contribution in [0.2, 0.25) is 0 Å². The second-order valence-corrected chi connectivity index (χ2v) is 9.57. The summed E-state index contributed by atoms with van der Waals surface area (Å²) in [4.78, 5) is 26.1. The summed E-state index contributed by atoms with van der Waals surface area (Å²) >= 11 is 0. The molecule has 1 aromatic carbocycles. The minimum Gasteiger partial charge on any atom is -0.353 e. The molecule has 3 fully saturated rings. The maximum atomic E-state index is 13.0. The molecule has 1 atom stereocenters. The smallest absolute Gasteiger partial charge is 0.243 e. The lowest BCUT2D eigenvalue weighted by Gasteiger charge is -2.31. The molecular formula is C19H25N3O4S. The van der Waals surface area contributed by atoms with Crippen molar-refractivity contribution in [2.24, 2.45) is 5.92 Å². The van der Waals surface area contributed by atoms with Gasteiger partial charge in [-0.2, -0.15) is 4.31 Å². The third-order valence-corrected chi connectivity index (χ3v) is 7.42. The van der Waals surface area contributed by atoms with E-state index in [9.17, 15) is 18.0 Å². The Morgan fingerprint density at radius 1 is 1.04 bits per heavy atom. The topological polar surface area (TPSA) is 86.8 Å². The summed E-state index contributed by atoms with van der Waals surface area (Å²) in [6.07, 6.45) is 4.82. The van der Waals surface area contributed by atoms with Crippen molar-refractivity contribution >= 4 is 27.5 Å². The Morgan fingerprint density at radius 2 is 1.78 bits per heavy atom. The Bertz CT molecular complexity index is 833. The van der Waals surface area contributed by atoms with Crippen LogP contribution in [-0.2, 0) is 19.6 Å². The van der Waals surface area contributed by atoms with Crippen molar-refractivity contribution in [3.63, 3.8) is 0 Å². The van der Waals surface area contributed by atoms with Crippen LogP contribution in [0, 0.1) is 5.92 Å². The molecule has 2 heterocycles. The van der Waals surface area contributed by atoms with Gasteiger partial charge in [-0.15, -0.1) is 0 Å². The zero-order chi connectivity index (χ0) is 19.0. The summed E-state index contributed by atoms with van der Waals surface area (Å²) in [6, 6.07) is 6.79. The first-order valence-electron chi connectivity index (χ1n) is 9.66. The van der Waals surface area contributed by atoms with Gasteiger partial charge < -0.3 is 10.2 Å². The highest BCUT2D eigenvalue weighted by molar-refractivity contribution is 7.89. The minimum absolute atomic E-state index is 0.0275. The van der Waals surface area contributed by atoms with E-state index in [1.54, 1.807) is 29.2 Å². The van der Waals surface area contributed by atoms with Gasteiger partial charge in [0.15, 0.2) is 0 Å². The van der Waals surface area contributed by atoms with Crippen molar-refractivity contribution in [3.8, 4) is 0 Å². The molecule has 0 radical (unpaired) electrons. The third-order valence-electron chi connectivity index (χ3n) is 5.54. The number of hydrogen-bond acceptors (Lipinski definition) is 4. The molecule has 7 nitrogen and oxygen atoms in total. The molecule has 0 spiro atoms. The van der Waals surface area contributed by atoms with E-state index in [0.717, 1.165) is 31.4 Å². The van der Waals surface area contributed by atoms with Gasteiger partial charge in [-0.25, -0.2) is 8.42 Å². The number of benzene rings is 1. The predicted molar refractivity (Wildman–Crippen MR) is 101 cm³/mol. The van der Waals surface area contributed by atoms with Gasteiger partial charge in [0.05, 0.1) is 10.8 Å². The van der Waals surface area contributed by atoms with Crippen molar-refractivity contribution in [1.29, 1.82) is 0 Å². The number of amides is 2. The highest BCUT2D eigenvalue weighted by atomic mass is 32.2. The molecule has 4 rings (SSSR count). The van der Waals surface area contributed by atoms with Crippen LogP contribution in [0.25, 0.3) is 0 Å². The molecule has 2 aliphatic heterocycles. The van der Waals surface area contributed by atoms with Gasteiger partial charge in [0.25, 0.3) is 0 Å². The fraction of sp³-hybridized carbons (Fsp3) is 0.579. The summed E-state index contributed by atoms with van der Waals surface area (Å²) < 4.78 is 27.4. The van der Waals surface area contributed by atoms with Crippen LogP contribution in [0.15, 0.2) is 29.2 Å². The van der Waals surface area contributed by atoms with E-state index < -0.39 is 10.0 Å². The number of carbonyl (C=O) groups excluding carboxylic acids is 2. The molecule has 0 bridgehead atoms. The number of nitrogens with zero attached hydrogens (tertiary/aromatic N) is 2. The Kier molecular flexibility index (Phi) is 4.94. The molecular weight excluding hydrogens is 366 g/mol. The standard InChI is InChI=1S/C19H25N3O4S/c23-18-4-2-12-22(18)16-7-9-17(10-8-16)27(25,26)21-11-1-3-14(13-21)19(24)20-15-5-6-15/h7-10,14-15H,1-6,11-13H2,(H,20,24)/t14-/m1/s1. The molecule has 2 saturated heterocycles. The zero-order valence-electron chi connectivity index (χ0n) is 15.3. The van der Waals surface area contributed by atoms with Crippen LogP contribution in [-0.4, -0.2) is 50.2 Å². The van der Waals surface area contributed by atoms with Gasteiger partial charge >= 0.3 is 0 Å². The van der Waals surface area contributed by atoms with Crippen molar-refractivity contribution in [1.82, 2.24) is 9.62 Å². The third kappa shape index (κ3) is 3.87. The number of rotatable bonds is 5. The molecule has 1 aromatic rings. The molecule has 0 unspecified atom stereocenters. The van der Waals surface area contributed by atoms with Crippen LogP contribution in [0.3, 0.4) is 0 Å². The van der Waals surface area contributed by atoms with Crippen LogP contribution in [0.5, 0.6) is 0 Å². The van der Waals surface area contributed by atoms with E-state index in [1.807, 2.05) is 0 Å². The van der Waals surface area contributed by atoms with Crippen molar-refractivity contribution < 1.29 is 18.0 Å². The maximum Gasteiger partial charge on any atom is 0.243 e. The van der Waals surface area contributed by atoms with Gasteiger partial charge in [0.1, 0.15) is 0 Å². The lowest BCUT2D eigenvalue weighted by atomic mass is 9.99.